The first-order chi connectivity index (χ1) is 9.99. The monoisotopic (exact) mass is 296 g/mol. The molecule has 0 aromatic heterocycles. The maximum absolute atomic E-state index is 12.7. The van der Waals surface area contributed by atoms with Crippen LogP contribution in [-0.4, -0.2) is 48.1 Å². The Morgan fingerprint density at radius 1 is 1.38 bits per heavy atom. The number of hydrogen-bond acceptors (Lipinski definition) is 3. The Labute approximate surface area is 127 Å². The Morgan fingerprint density at radius 2 is 2.10 bits per heavy atom. The lowest BCUT2D eigenvalue weighted by molar-refractivity contribution is -0.156. The van der Waals surface area contributed by atoms with Crippen LogP contribution in [0.25, 0.3) is 0 Å². The molecule has 5 heteroatoms. The molecule has 2 amide bonds. The summed E-state index contributed by atoms with van der Waals surface area (Å²) in [5, 5.41) is 2.83. The van der Waals surface area contributed by atoms with Gasteiger partial charge >= 0.3 is 0 Å². The van der Waals surface area contributed by atoms with Gasteiger partial charge in [0.1, 0.15) is 12.1 Å². The molecule has 2 aliphatic rings. The second-order valence-electron chi connectivity index (χ2n) is 6.48. The maximum Gasteiger partial charge on any atom is 0.245 e. The number of carbonyl (C=O) groups excluding carboxylic acids is 2. The van der Waals surface area contributed by atoms with Gasteiger partial charge in [-0.3, -0.25) is 9.59 Å². The molecule has 5 atom stereocenters. The molecule has 0 bridgehead atoms. The van der Waals surface area contributed by atoms with Crippen LogP contribution in [0, 0.1) is 5.92 Å². The highest BCUT2D eigenvalue weighted by Crippen LogP contribution is 2.31. The largest absolute Gasteiger partial charge is 0.381 e. The Balaban J connectivity index is 2.25. The van der Waals surface area contributed by atoms with Crippen LogP contribution >= 0.6 is 0 Å². The average Bonchev–Trinajstić information content (AvgIpc) is 2.49. The van der Waals surface area contributed by atoms with Crippen LogP contribution in [0.1, 0.15) is 52.9 Å². The van der Waals surface area contributed by atoms with Gasteiger partial charge in [0.2, 0.25) is 11.8 Å². The third-order valence-corrected chi connectivity index (χ3v) is 5.06. The van der Waals surface area contributed by atoms with Crippen molar-refractivity contribution in [2.24, 2.45) is 5.92 Å². The molecule has 5 nitrogen and oxygen atoms in total. The van der Waals surface area contributed by atoms with Gasteiger partial charge in [0.05, 0.1) is 6.10 Å². The molecule has 1 N–H and O–H groups in total. The van der Waals surface area contributed by atoms with E-state index < -0.39 is 6.04 Å². The van der Waals surface area contributed by atoms with E-state index in [-0.39, 0.29) is 35.9 Å². The first-order valence-electron chi connectivity index (χ1n) is 8.14. The Kier molecular flexibility index (Phi) is 5.25. The minimum Gasteiger partial charge on any atom is -0.381 e. The van der Waals surface area contributed by atoms with Crippen LogP contribution in [0.15, 0.2) is 0 Å². The molecule has 0 spiro atoms. The van der Waals surface area contributed by atoms with Crippen LogP contribution < -0.4 is 5.32 Å². The van der Waals surface area contributed by atoms with E-state index in [1.54, 1.807) is 14.0 Å². The van der Waals surface area contributed by atoms with Crippen molar-refractivity contribution < 1.29 is 14.3 Å². The average molecular weight is 296 g/mol. The van der Waals surface area contributed by atoms with Gasteiger partial charge in [-0.2, -0.15) is 0 Å². The van der Waals surface area contributed by atoms with E-state index in [4.69, 9.17) is 4.74 Å². The van der Waals surface area contributed by atoms with Crippen LogP contribution in [-0.2, 0) is 14.3 Å². The molecule has 1 saturated carbocycles. The van der Waals surface area contributed by atoms with Crippen LogP contribution in [0.5, 0.6) is 0 Å². The fraction of sp³-hybridized carbons (Fsp3) is 0.875. The lowest BCUT2D eigenvalue weighted by Gasteiger charge is -2.46. The number of hydrogen-bond donors (Lipinski definition) is 1. The maximum atomic E-state index is 12.7. The summed E-state index contributed by atoms with van der Waals surface area (Å²) in [7, 11) is 1.73. The Morgan fingerprint density at radius 3 is 2.71 bits per heavy atom. The number of amides is 2. The molecule has 21 heavy (non-hydrogen) atoms. The SMILES string of the molecule is CCC(C)C1C(=O)NC(C)C(=O)N1C1CCCC(OC)C1. The van der Waals surface area contributed by atoms with Gasteiger partial charge in [0, 0.05) is 13.2 Å². The zero-order valence-corrected chi connectivity index (χ0v) is 13.6. The Bertz CT molecular complexity index is 399. The normalized spacial score (nSPS) is 35.5. The fourth-order valence-electron chi connectivity index (χ4n) is 3.60. The molecule has 1 aliphatic heterocycles. The molecule has 2 fully saturated rings. The van der Waals surface area contributed by atoms with Crippen molar-refractivity contribution >= 4 is 11.8 Å². The summed E-state index contributed by atoms with van der Waals surface area (Å²) in [6.45, 7) is 5.89. The lowest BCUT2D eigenvalue weighted by Crippen LogP contribution is -2.67. The van der Waals surface area contributed by atoms with Gasteiger partial charge in [-0.05, 0) is 38.5 Å². The van der Waals surface area contributed by atoms with Crippen LogP contribution in [0.4, 0.5) is 0 Å². The van der Waals surface area contributed by atoms with E-state index in [9.17, 15) is 9.59 Å². The highest BCUT2D eigenvalue weighted by Gasteiger charge is 2.45. The molecule has 1 heterocycles. The van der Waals surface area contributed by atoms with E-state index >= 15 is 0 Å². The van der Waals surface area contributed by atoms with Crippen molar-refractivity contribution in [2.75, 3.05) is 7.11 Å². The first-order valence-corrected chi connectivity index (χ1v) is 8.14. The highest BCUT2D eigenvalue weighted by atomic mass is 16.5. The molecular formula is C16H28N2O3. The topological polar surface area (TPSA) is 58.6 Å². The van der Waals surface area contributed by atoms with Gasteiger partial charge in [-0.15, -0.1) is 0 Å². The standard InChI is InChI=1S/C16H28N2O3/c1-5-10(2)14-15(19)17-11(3)16(20)18(14)12-7-6-8-13(9-12)21-4/h10-14H,5-9H2,1-4H3,(H,17,19). The summed E-state index contributed by atoms with van der Waals surface area (Å²) in [4.78, 5) is 27.0. The molecule has 0 radical (unpaired) electrons. The zero-order chi connectivity index (χ0) is 15.6. The van der Waals surface area contributed by atoms with Crippen LogP contribution in [0.2, 0.25) is 0 Å². The molecule has 2 rings (SSSR count). The third-order valence-electron chi connectivity index (χ3n) is 5.06. The van der Waals surface area contributed by atoms with E-state index in [0.717, 1.165) is 32.1 Å². The number of carbonyl (C=O) groups is 2. The quantitative estimate of drug-likeness (QED) is 0.859. The summed E-state index contributed by atoms with van der Waals surface area (Å²) in [5.41, 5.74) is 0. The number of nitrogens with zero attached hydrogens (tertiary/aromatic N) is 1. The van der Waals surface area contributed by atoms with Crippen molar-refractivity contribution in [2.45, 2.75) is 77.1 Å². The predicted molar refractivity (Wildman–Crippen MR) is 80.7 cm³/mol. The highest BCUT2D eigenvalue weighted by molar-refractivity contribution is 5.97. The van der Waals surface area contributed by atoms with Gasteiger partial charge in [-0.25, -0.2) is 0 Å². The molecular weight excluding hydrogens is 268 g/mol. The molecule has 5 unspecified atom stereocenters. The van der Waals surface area contributed by atoms with Crippen molar-refractivity contribution in [3.05, 3.63) is 0 Å². The fourth-order valence-corrected chi connectivity index (χ4v) is 3.60. The smallest absolute Gasteiger partial charge is 0.245 e. The van der Waals surface area contributed by atoms with E-state index in [0.29, 0.717) is 0 Å². The predicted octanol–water partition coefficient (Wildman–Crippen LogP) is 1.71. The number of piperazine rings is 1. The minimum absolute atomic E-state index is 0.00371. The van der Waals surface area contributed by atoms with E-state index in [1.807, 2.05) is 4.90 Å². The summed E-state index contributed by atoms with van der Waals surface area (Å²) in [6, 6.07) is -0.622. The summed E-state index contributed by atoms with van der Waals surface area (Å²) >= 11 is 0. The van der Waals surface area contributed by atoms with Gasteiger partial charge < -0.3 is 15.0 Å². The van der Waals surface area contributed by atoms with Crippen molar-refractivity contribution in [1.29, 1.82) is 0 Å². The minimum atomic E-state index is -0.416. The van der Waals surface area contributed by atoms with Gasteiger partial charge in [-0.1, -0.05) is 20.3 Å². The lowest BCUT2D eigenvalue weighted by atomic mass is 9.86. The number of nitrogens with one attached hydrogen (secondary N) is 1. The molecule has 120 valence electrons. The molecule has 1 saturated heterocycles. The van der Waals surface area contributed by atoms with E-state index in [1.165, 1.54) is 0 Å². The van der Waals surface area contributed by atoms with Crippen molar-refractivity contribution in [3.8, 4) is 0 Å². The summed E-state index contributed by atoms with van der Waals surface area (Å²) in [6.07, 6.45) is 5.00. The second kappa shape index (κ2) is 6.77. The zero-order valence-electron chi connectivity index (χ0n) is 13.6. The first kappa shape index (κ1) is 16.3. The molecule has 0 aromatic carbocycles. The Hall–Kier alpha value is -1.10. The van der Waals surface area contributed by atoms with Gasteiger partial charge in [0.25, 0.3) is 0 Å². The number of rotatable bonds is 4. The molecule has 0 aromatic rings. The third kappa shape index (κ3) is 3.23. The second-order valence-corrected chi connectivity index (χ2v) is 6.48. The summed E-state index contributed by atoms with van der Waals surface area (Å²) in [5.74, 6) is 0.224. The molecule has 1 aliphatic carbocycles. The summed E-state index contributed by atoms with van der Waals surface area (Å²) < 4.78 is 5.48. The van der Waals surface area contributed by atoms with E-state index in [2.05, 4.69) is 19.2 Å². The number of methoxy groups -OCH3 is 1. The number of ether oxygens (including phenoxy) is 1. The van der Waals surface area contributed by atoms with Crippen molar-refractivity contribution in [1.82, 2.24) is 10.2 Å². The van der Waals surface area contributed by atoms with Crippen LogP contribution in [0.3, 0.4) is 0 Å². The van der Waals surface area contributed by atoms with Gasteiger partial charge in [0.15, 0.2) is 0 Å². The van der Waals surface area contributed by atoms with Crippen molar-refractivity contribution in [3.63, 3.8) is 0 Å².